The van der Waals surface area contributed by atoms with Crippen LogP contribution in [0.15, 0.2) is 11.6 Å². The predicted molar refractivity (Wildman–Crippen MR) is 59.6 cm³/mol. The summed E-state index contributed by atoms with van der Waals surface area (Å²) in [4.78, 5) is 0. The molecule has 4 rings (SSSR count). The molecule has 4 atom stereocenters. The zero-order valence-corrected chi connectivity index (χ0v) is 9.77. The Labute approximate surface area is 82.5 Å². The Bertz CT molecular complexity index is 277. The van der Waals surface area contributed by atoms with Gasteiger partial charge in [0.15, 0.2) is 0 Å². The van der Waals surface area contributed by atoms with E-state index in [1.54, 1.807) is 0 Å². The smallest absolute Gasteiger partial charge is 0.000684 e. The Hall–Kier alpha value is 0.170. The van der Waals surface area contributed by atoms with Gasteiger partial charge in [0.2, 0.25) is 0 Å². The van der Waals surface area contributed by atoms with E-state index >= 15 is 0 Å². The van der Waals surface area contributed by atoms with E-state index in [0.29, 0.717) is 13.3 Å². The highest BCUT2D eigenvalue weighted by Crippen LogP contribution is 2.68. The lowest BCUT2D eigenvalue weighted by Gasteiger charge is -2.60. The van der Waals surface area contributed by atoms with Crippen LogP contribution in [0, 0.1) is 17.3 Å². The van der Waals surface area contributed by atoms with E-state index < -0.39 is 0 Å². The van der Waals surface area contributed by atoms with Gasteiger partial charge in [-0.25, -0.2) is 0 Å². The van der Waals surface area contributed by atoms with Gasteiger partial charge in [-0.1, -0.05) is 33.4 Å². The number of hydrogen-bond acceptors (Lipinski definition) is 0. The maximum Gasteiger partial charge on any atom is 0.000684 e. The number of hydrogen-bond donors (Lipinski definition) is 0. The van der Waals surface area contributed by atoms with Gasteiger partial charge in [-0.2, -0.15) is 0 Å². The Morgan fingerprint density at radius 1 is 1.38 bits per heavy atom. The van der Waals surface area contributed by atoms with Crippen molar-refractivity contribution in [3.05, 3.63) is 11.6 Å². The van der Waals surface area contributed by atoms with Gasteiger partial charge in [-0.15, -0.1) is 0 Å². The molecule has 0 nitrogen and oxygen atoms in total. The van der Waals surface area contributed by atoms with Crippen molar-refractivity contribution >= 4 is 7.92 Å². The second kappa shape index (κ2) is 2.40. The average Bonchev–Trinajstić information content (AvgIpc) is 2.48. The molecule has 2 bridgehead atoms. The van der Waals surface area contributed by atoms with Crippen molar-refractivity contribution in [2.45, 2.75) is 32.3 Å². The normalized spacial score (nSPS) is 50.8. The highest BCUT2D eigenvalue weighted by atomic mass is 31.1. The first-order valence-electron chi connectivity index (χ1n) is 5.51. The van der Waals surface area contributed by atoms with Crippen LogP contribution >= 0.6 is 7.92 Å². The lowest BCUT2D eigenvalue weighted by atomic mass is 9.47. The molecule has 0 aromatic heterocycles. The molecule has 0 saturated heterocycles. The molecule has 3 saturated carbocycles. The zero-order valence-electron chi connectivity index (χ0n) is 8.88. The predicted octanol–water partition coefficient (Wildman–Crippen LogP) is 3.47. The monoisotopic (exact) mass is 194 g/mol. The number of allylic oxidation sites excluding steroid dienone is 2. The third-order valence-electron chi connectivity index (χ3n) is 4.91. The minimum Gasteiger partial charge on any atom is -0.0987 e. The van der Waals surface area contributed by atoms with Crippen LogP contribution in [-0.2, 0) is 0 Å². The second-order valence-corrected chi connectivity index (χ2v) is 8.20. The van der Waals surface area contributed by atoms with E-state index in [0.717, 1.165) is 17.5 Å². The first-order chi connectivity index (χ1) is 6.10. The molecule has 3 fully saturated rings. The average molecular weight is 194 g/mol. The highest BCUT2D eigenvalue weighted by molar-refractivity contribution is 7.58. The molecule has 4 aliphatic rings. The molecule has 0 amide bonds. The standard InChI is InChI=1S/C12H19P/c1-12(2)8-6-10(12)9-4-5-13(3)11(9)7-8/h4,8,10-11H,5-7H2,1-3H3. The van der Waals surface area contributed by atoms with Gasteiger partial charge in [-0.3, -0.25) is 0 Å². The van der Waals surface area contributed by atoms with Crippen molar-refractivity contribution in [3.63, 3.8) is 0 Å². The van der Waals surface area contributed by atoms with Crippen LogP contribution in [0.2, 0.25) is 0 Å². The minimum absolute atomic E-state index is 0.347. The molecule has 1 heteroatoms. The van der Waals surface area contributed by atoms with Crippen molar-refractivity contribution in [3.8, 4) is 0 Å². The molecule has 0 aromatic rings. The Morgan fingerprint density at radius 2 is 2.15 bits per heavy atom. The number of rotatable bonds is 0. The molecule has 4 unspecified atom stereocenters. The fourth-order valence-corrected chi connectivity index (χ4v) is 5.87. The van der Waals surface area contributed by atoms with Crippen molar-refractivity contribution in [1.29, 1.82) is 0 Å². The summed E-state index contributed by atoms with van der Waals surface area (Å²) in [5, 5.41) is 0. The Morgan fingerprint density at radius 3 is 2.85 bits per heavy atom. The molecule has 13 heavy (non-hydrogen) atoms. The lowest BCUT2D eigenvalue weighted by Crippen LogP contribution is -2.52. The molecular weight excluding hydrogens is 175 g/mol. The molecular formula is C12H19P. The first kappa shape index (κ1) is 8.48. The van der Waals surface area contributed by atoms with E-state index in [-0.39, 0.29) is 0 Å². The van der Waals surface area contributed by atoms with Crippen LogP contribution in [-0.4, -0.2) is 18.5 Å². The third-order valence-corrected chi connectivity index (χ3v) is 7.24. The molecule has 0 N–H and O–H groups in total. The maximum atomic E-state index is 2.60. The summed E-state index contributed by atoms with van der Waals surface area (Å²) in [7, 11) is 0.347. The van der Waals surface area contributed by atoms with Crippen LogP contribution in [0.4, 0.5) is 0 Å². The molecule has 0 radical (unpaired) electrons. The van der Waals surface area contributed by atoms with Gasteiger partial charge in [0.05, 0.1) is 0 Å². The van der Waals surface area contributed by atoms with Crippen molar-refractivity contribution in [2.75, 3.05) is 12.8 Å². The van der Waals surface area contributed by atoms with Gasteiger partial charge >= 0.3 is 0 Å². The molecule has 1 heterocycles. The zero-order chi connectivity index (χ0) is 9.22. The van der Waals surface area contributed by atoms with Gasteiger partial charge in [0.25, 0.3) is 0 Å². The van der Waals surface area contributed by atoms with E-state index in [2.05, 4.69) is 26.6 Å². The van der Waals surface area contributed by atoms with E-state index in [4.69, 9.17) is 0 Å². The fraction of sp³-hybridized carbons (Fsp3) is 0.833. The Balaban J connectivity index is 1.94. The third kappa shape index (κ3) is 0.911. The van der Waals surface area contributed by atoms with Crippen LogP contribution in [0.3, 0.4) is 0 Å². The summed E-state index contributed by atoms with van der Waals surface area (Å²) in [5.74, 6) is 2.03. The van der Waals surface area contributed by atoms with E-state index in [1.807, 2.05) is 5.57 Å². The van der Waals surface area contributed by atoms with Gasteiger partial charge in [-0.05, 0) is 42.9 Å². The molecule has 0 aromatic carbocycles. The fourth-order valence-electron chi connectivity index (χ4n) is 3.71. The molecule has 0 spiro atoms. The van der Waals surface area contributed by atoms with E-state index in [9.17, 15) is 0 Å². The SMILES string of the molecule is CP1CC=C2C1CC1CC2C1(C)C. The van der Waals surface area contributed by atoms with Gasteiger partial charge in [0.1, 0.15) is 0 Å². The molecule has 1 aliphatic heterocycles. The highest BCUT2D eigenvalue weighted by Gasteiger charge is 2.56. The first-order valence-corrected chi connectivity index (χ1v) is 7.55. The maximum absolute atomic E-state index is 2.60. The van der Waals surface area contributed by atoms with Crippen molar-refractivity contribution in [1.82, 2.24) is 0 Å². The largest absolute Gasteiger partial charge is 0.0987 e. The second-order valence-electron chi connectivity index (χ2n) is 5.70. The quantitative estimate of drug-likeness (QED) is 0.409. The van der Waals surface area contributed by atoms with Crippen LogP contribution in [0.25, 0.3) is 0 Å². The van der Waals surface area contributed by atoms with Crippen molar-refractivity contribution in [2.24, 2.45) is 17.3 Å². The molecule has 72 valence electrons. The Kier molecular flexibility index (Phi) is 1.56. The summed E-state index contributed by atoms with van der Waals surface area (Å²) in [6, 6.07) is 0. The summed E-state index contributed by atoms with van der Waals surface area (Å²) in [6.07, 6.45) is 7.06. The lowest BCUT2D eigenvalue weighted by molar-refractivity contribution is -0.0253. The summed E-state index contributed by atoms with van der Waals surface area (Å²) < 4.78 is 0. The minimum atomic E-state index is 0.347. The van der Waals surface area contributed by atoms with Crippen LogP contribution in [0.1, 0.15) is 26.7 Å². The molecule has 3 aliphatic carbocycles. The topological polar surface area (TPSA) is 0 Å². The van der Waals surface area contributed by atoms with Crippen LogP contribution < -0.4 is 0 Å². The van der Waals surface area contributed by atoms with Gasteiger partial charge < -0.3 is 0 Å². The van der Waals surface area contributed by atoms with Crippen LogP contribution in [0.5, 0.6) is 0 Å². The van der Waals surface area contributed by atoms with Crippen molar-refractivity contribution < 1.29 is 0 Å². The van der Waals surface area contributed by atoms with Gasteiger partial charge in [0, 0.05) is 5.66 Å². The summed E-state index contributed by atoms with van der Waals surface area (Å²) in [5.41, 5.74) is 3.58. The summed E-state index contributed by atoms with van der Waals surface area (Å²) >= 11 is 0. The summed E-state index contributed by atoms with van der Waals surface area (Å²) in [6.45, 7) is 7.47. The van der Waals surface area contributed by atoms with E-state index in [1.165, 1.54) is 19.0 Å².